The number of halogens is 1. The molecule has 1 saturated heterocycles. The number of furan rings is 1. The van der Waals surface area contributed by atoms with Crippen molar-refractivity contribution in [2.24, 2.45) is 0 Å². The van der Waals surface area contributed by atoms with E-state index < -0.39 is 10.0 Å². The van der Waals surface area contributed by atoms with Crippen molar-refractivity contribution >= 4 is 44.1 Å². The SMILES string of the molecule is CCS(=O)(=O)N1CCCN(c2nc3cc(Cl)ccc3c3nnc(-c4ccco4)n23)CC1. The Morgan fingerprint density at radius 3 is 2.77 bits per heavy atom. The topological polar surface area (TPSA) is 96.8 Å². The molecule has 1 fully saturated rings. The highest BCUT2D eigenvalue weighted by molar-refractivity contribution is 7.89. The molecule has 9 nitrogen and oxygen atoms in total. The number of aromatic nitrogens is 4. The summed E-state index contributed by atoms with van der Waals surface area (Å²) in [7, 11) is -3.24. The van der Waals surface area contributed by atoms with Crippen LogP contribution in [0.3, 0.4) is 0 Å². The summed E-state index contributed by atoms with van der Waals surface area (Å²) >= 11 is 6.22. The van der Waals surface area contributed by atoms with Crippen LogP contribution in [0.1, 0.15) is 13.3 Å². The molecule has 0 N–H and O–H groups in total. The van der Waals surface area contributed by atoms with Crippen LogP contribution in [-0.4, -0.2) is 64.2 Å². The standard InChI is InChI=1S/C20H21ClN6O3S/c1-2-31(28,29)26-9-4-8-25(10-11-26)20-22-16-13-14(21)6-7-15(16)18-23-24-19(27(18)20)17-5-3-12-30-17/h3,5-7,12-13H,2,4,8-11H2,1H3. The van der Waals surface area contributed by atoms with Gasteiger partial charge < -0.3 is 9.32 Å². The van der Waals surface area contributed by atoms with E-state index in [4.69, 9.17) is 21.0 Å². The molecule has 1 aliphatic heterocycles. The van der Waals surface area contributed by atoms with Gasteiger partial charge >= 0.3 is 0 Å². The molecule has 1 aliphatic rings. The molecule has 11 heteroatoms. The number of hydrogen-bond donors (Lipinski definition) is 0. The lowest BCUT2D eigenvalue weighted by atomic mass is 10.2. The molecule has 0 aliphatic carbocycles. The molecular formula is C20H21ClN6O3S. The first-order chi connectivity index (χ1) is 15.0. The largest absolute Gasteiger partial charge is 0.461 e. The first-order valence-electron chi connectivity index (χ1n) is 10.1. The molecule has 1 aromatic carbocycles. The fraction of sp³-hybridized carbons (Fsp3) is 0.350. The average molecular weight is 461 g/mol. The Kier molecular flexibility index (Phi) is 5.07. The van der Waals surface area contributed by atoms with Gasteiger partial charge in [-0.2, -0.15) is 0 Å². The summed E-state index contributed by atoms with van der Waals surface area (Å²) in [6.45, 7) is 3.71. The summed E-state index contributed by atoms with van der Waals surface area (Å²) in [5, 5.41) is 10.2. The highest BCUT2D eigenvalue weighted by atomic mass is 35.5. The molecule has 31 heavy (non-hydrogen) atoms. The first-order valence-corrected chi connectivity index (χ1v) is 12.1. The fourth-order valence-corrected chi connectivity index (χ4v) is 5.22. The highest BCUT2D eigenvalue weighted by Gasteiger charge is 2.27. The summed E-state index contributed by atoms with van der Waals surface area (Å²) < 4.78 is 33.8. The van der Waals surface area contributed by atoms with E-state index in [-0.39, 0.29) is 5.75 Å². The van der Waals surface area contributed by atoms with Gasteiger partial charge in [0.25, 0.3) is 0 Å². The van der Waals surface area contributed by atoms with Crippen LogP contribution in [0.5, 0.6) is 0 Å². The van der Waals surface area contributed by atoms with E-state index in [1.54, 1.807) is 35.7 Å². The maximum absolute atomic E-state index is 12.4. The van der Waals surface area contributed by atoms with Gasteiger partial charge in [0.1, 0.15) is 0 Å². The van der Waals surface area contributed by atoms with E-state index in [0.717, 1.165) is 5.39 Å². The van der Waals surface area contributed by atoms with Gasteiger partial charge in [0.05, 0.1) is 17.5 Å². The van der Waals surface area contributed by atoms with Gasteiger partial charge in [-0.25, -0.2) is 22.1 Å². The predicted octanol–water partition coefficient (Wildman–Crippen LogP) is 3.05. The van der Waals surface area contributed by atoms with Gasteiger partial charge in [-0.3, -0.25) is 0 Å². The van der Waals surface area contributed by atoms with Crippen LogP contribution in [0.15, 0.2) is 41.0 Å². The lowest BCUT2D eigenvalue weighted by Crippen LogP contribution is -2.36. The first kappa shape index (κ1) is 20.2. The molecule has 4 aromatic rings. The van der Waals surface area contributed by atoms with Crippen molar-refractivity contribution in [2.45, 2.75) is 13.3 Å². The van der Waals surface area contributed by atoms with Crippen molar-refractivity contribution < 1.29 is 12.8 Å². The lowest BCUT2D eigenvalue weighted by molar-refractivity contribution is 0.434. The predicted molar refractivity (Wildman–Crippen MR) is 119 cm³/mol. The van der Waals surface area contributed by atoms with E-state index in [0.29, 0.717) is 66.3 Å². The second-order valence-electron chi connectivity index (χ2n) is 7.37. The van der Waals surface area contributed by atoms with Gasteiger partial charge in [-0.05, 0) is 43.7 Å². The molecule has 0 atom stereocenters. The molecule has 3 aromatic heterocycles. The number of rotatable bonds is 4. The molecule has 162 valence electrons. The van der Waals surface area contributed by atoms with Gasteiger partial charge in [-0.15, -0.1) is 10.2 Å². The Morgan fingerprint density at radius 2 is 2.00 bits per heavy atom. The van der Waals surface area contributed by atoms with Crippen molar-refractivity contribution in [1.29, 1.82) is 0 Å². The van der Waals surface area contributed by atoms with Gasteiger partial charge in [0, 0.05) is 36.6 Å². The van der Waals surface area contributed by atoms with Crippen molar-refractivity contribution in [2.75, 3.05) is 36.8 Å². The Labute approximate surface area is 184 Å². The average Bonchev–Trinajstić information content (AvgIpc) is 3.37. The van der Waals surface area contributed by atoms with Gasteiger partial charge in [0.2, 0.25) is 21.8 Å². The van der Waals surface area contributed by atoms with Crippen molar-refractivity contribution in [1.82, 2.24) is 23.9 Å². The zero-order valence-corrected chi connectivity index (χ0v) is 18.5. The maximum Gasteiger partial charge on any atom is 0.213 e. The van der Waals surface area contributed by atoms with Crippen molar-refractivity contribution in [3.63, 3.8) is 0 Å². The smallest absolute Gasteiger partial charge is 0.213 e. The van der Waals surface area contributed by atoms with Crippen molar-refractivity contribution in [3.05, 3.63) is 41.6 Å². The number of anilines is 1. The minimum atomic E-state index is -3.24. The normalized spacial score (nSPS) is 16.3. The zero-order valence-electron chi connectivity index (χ0n) is 16.9. The van der Waals surface area contributed by atoms with E-state index in [1.807, 2.05) is 16.5 Å². The monoisotopic (exact) mass is 460 g/mol. The van der Waals surface area contributed by atoms with Crippen LogP contribution < -0.4 is 4.90 Å². The number of nitrogens with zero attached hydrogens (tertiary/aromatic N) is 6. The number of benzene rings is 1. The molecule has 0 unspecified atom stereocenters. The second kappa shape index (κ2) is 7.77. The van der Waals surface area contributed by atoms with E-state index >= 15 is 0 Å². The van der Waals surface area contributed by atoms with E-state index in [1.165, 1.54) is 0 Å². The van der Waals surface area contributed by atoms with Crippen LogP contribution in [0.2, 0.25) is 5.02 Å². The van der Waals surface area contributed by atoms with Gasteiger partial charge in [0.15, 0.2) is 11.4 Å². The molecule has 5 rings (SSSR count). The Balaban J connectivity index is 1.67. The fourth-order valence-electron chi connectivity index (χ4n) is 3.92. The van der Waals surface area contributed by atoms with Crippen molar-refractivity contribution in [3.8, 4) is 11.6 Å². The lowest BCUT2D eigenvalue weighted by Gasteiger charge is -2.23. The third-order valence-corrected chi connectivity index (χ3v) is 7.64. The van der Waals surface area contributed by atoms with Crippen LogP contribution in [-0.2, 0) is 10.0 Å². The summed E-state index contributed by atoms with van der Waals surface area (Å²) in [6, 6.07) is 9.09. The molecule has 0 saturated carbocycles. The van der Waals surface area contributed by atoms with Crippen LogP contribution >= 0.6 is 11.6 Å². The number of sulfonamides is 1. The molecular weight excluding hydrogens is 440 g/mol. The second-order valence-corrected chi connectivity index (χ2v) is 10.1. The van der Waals surface area contributed by atoms with Crippen LogP contribution in [0, 0.1) is 0 Å². The van der Waals surface area contributed by atoms with Crippen LogP contribution in [0.4, 0.5) is 5.95 Å². The molecule has 0 amide bonds. The summed E-state index contributed by atoms with van der Waals surface area (Å²) in [5.74, 6) is 1.85. The van der Waals surface area contributed by atoms with E-state index in [9.17, 15) is 8.42 Å². The maximum atomic E-state index is 12.4. The molecule has 0 spiro atoms. The molecule has 4 heterocycles. The summed E-state index contributed by atoms with van der Waals surface area (Å²) in [5.41, 5.74) is 1.35. The summed E-state index contributed by atoms with van der Waals surface area (Å²) in [4.78, 5) is 6.97. The molecule has 0 radical (unpaired) electrons. The number of hydrogen-bond acceptors (Lipinski definition) is 7. The summed E-state index contributed by atoms with van der Waals surface area (Å²) in [6.07, 6.45) is 2.28. The Hall–Kier alpha value is -2.69. The zero-order chi connectivity index (χ0) is 21.6. The highest BCUT2D eigenvalue weighted by Crippen LogP contribution is 2.30. The minimum absolute atomic E-state index is 0.0953. The number of fused-ring (bicyclic) bond motifs is 3. The van der Waals surface area contributed by atoms with Crippen LogP contribution in [0.25, 0.3) is 28.1 Å². The third-order valence-electron chi connectivity index (χ3n) is 5.52. The third kappa shape index (κ3) is 3.54. The van der Waals surface area contributed by atoms with E-state index in [2.05, 4.69) is 15.1 Å². The molecule has 0 bridgehead atoms. The van der Waals surface area contributed by atoms with Gasteiger partial charge in [-0.1, -0.05) is 11.6 Å². The Morgan fingerprint density at radius 1 is 1.13 bits per heavy atom. The Bertz CT molecular complexity index is 1350. The minimum Gasteiger partial charge on any atom is -0.461 e. The quantitative estimate of drug-likeness (QED) is 0.461.